The molecule has 1 aliphatic heterocycles. The second-order valence-electron chi connectivity index (χ2n) is 7.31. The average Bonchev–Trinajstić information content (AvgIpc) is 2.70. The summed E-state index contributed by atoms with van der Waals surface area (Å²) in [6.07, 6.45) is 2.12. The van der Waals surface area contributed by atoms with E-state index in [4.69, 9.17) is 9.47 Å². The van der Waals surface area contributed by atoms with Crippen molar-refractivity contribution in [1.82, 2.24) is 14.9 Å². The van der Waals surface area contributed by atoms with Crippen molar-refractivity contribution >= 4 is 25.8 Å². The predicted octanol–water partition coefficient (Wildman–Crippen LogP) is 2.21. The lowest BCUT2D eigenvalue weighted by Crippen LogP contribution is -2.45. The van der Waals surface area contributed by atoms with Gasteiger partial charge in [-0.1, -0.05) is 30.3 Å². The number of benzene rings is 1. The number of ether oxygens (including phenoxy) is 2. The molecular weight excluding hydrogens is 474 g/mol. The highest BCUT2D eigenvalue weighted by Gasteiger charge is 2.31. The van der Waals surface area contributed by atoms with Crippen molar-refractivity contribution in [3.63, 3.8) is 0 Å². The Balaban J connectivity index is 1.82. The minimum atomic E-state index is -3.59. The van der Waals surface area contributed by atoms with E-state index in [0.717, 1.165) is 11.8 Å². The number of halogens is 1. The molecule has 2 heterocycles. The predicted molar refractivity (Wildman–Crippen MR) is 117 cm³/mol. The second kappa shape index (κ2) is 10.1. The minimum Gasteiger partial charge on any atom is -0.377 e. The van der Waals surface area contributed by atoms with Crippen LogP contribution in [0, 0.1) is 0 Å². The van der Waals surface area contributed by atoms with Crippen molar-refractivity contribution in [3.8, 4) is 0 Å². The molecule has 0 spiro atoms. The Morgan fingerprint density at radius 1 is 1.37 bits per heavy atom. The highest BCUT2D eigenvalue weighted by molar-refractivity contribution is 9.10. The van der Waals surface area contributed by atoms with Gasteiger partial charge in [-0.3, -0.25) is 9.36 Å². The summed E-state index contributed by atoms with van der Waals surface area (Å²) in [5, 5.41) is 2.18. The molecule has 0 bridgehead atoms. The zero-order valence-electron chi connectivity index (χ0n) is 17.0. The van der Waals surface area contributed by atoms with Crippen LogP contribution in [0.1, 0.15) is 36.1 Å². The molecule has 0 saturated carbocycles. The fourth-order valence-corrected chi connectivity index (χ4v) is 4.95. The van der Waals surface area contributed by atoms with Crippen LogP contribution in [0.3, 0.4) is 0 Å². The number of rotatable bonds is 8. The third kappa shape index (κ3) is 5.76. The molecule has 30 heavy (non-hydrogen) atoms. The van der Waals surface area contributed by atoms with Crippen molar-refractivity contribution in [2.24, 2.45) is 0 Å². The van der Waals surface area contributed by atoms with Gasteiger partial charge < -0.3 is 14.8 Å². The van der Waals surface area contributed by atoms with E-state index >= 15 is 0 Å². The Morgan fingerprint density at radius 2 is 2.10 bits per heavy atom. The maximum Gasteiger partial charge on any atom is 0.276 e. The number of nitrogens with zero attached hydrogens (tertiary/aromatic N) is 2. The number of sulfone groups is 1. The Hall–Kier alpha value is -1.59. The normalized spacial score (nSPS) is 20.8. The van der Waals surface area contributed by atoms with Crippen molar-refractivity contribution in [2.75, 3.05) is 26.0 Å². The molecule has 1 fully saturated rings. The molecule has 1 saturated heterocycles. The van der Waals surface area contributed by atoms with Gasteiger partial charge in [-0.2, -0.15) is 0 Å². The maximum atomic E-state index is 13.2. The van der Waals surface area contributed by atoms with Crippen LogP contribution in [-0.4, -0.2) is 50.0 Å². The zero-order chi connectivity index (χ0) is 21.7. The van der Waals surface area contributed by atoms with Crippen LogP contribution >= 0.6 is 15.9 Å². The van der Waals surface area contributed by atoms with Gasteiger partial charge >= 0.3 is 0 Å². The monoisotopic (exact) mass is 499 g/mol. The molecule has 1 aromatic heterocycles. The first-order chi connectivity index (χ1) is 14.3. The summed E-state index contributed by atoms with van der Waals surface area (Å²) in [7, 11) is -3.59. The molecule has 3 rings (SSSR count). The molecule has 0 radical (unpaired) electrons. The molecule has 3 atom stereocenters. The fourth-order valence-electron chi connectivity index (χ4n) is 3.44. The third-order valence-electron chi connectivity index (χ3n) is 4.94. The van der Waals surface area contributed by atoms with Gasteiger partial charge in [0.25, 0.3) is 5.56 Å². The van der Waals surface area contributed by atoms with Gasteiger partial charge in [0.15, 0.2) is 9.84 Å². The Kier molecular flexibility index (Phi) is 7.81. The van der Waals surface area contributed by atoms with E-state index in [2.05, 4.69) is 26.2 Å². The maximum absolute atomic E-state index is 13.2. The SMILES string of the molecule is CC1NCCO[C@H]1c1nc(Br)cn(C(CCOCc2ccccc2)S(C)(=O)=O)c1=O. The van der Waals surface area contributed by atoms with Gasteiger partial charge in [-0.25, -0.2) is 13.4 Å². The van der Waals surface area contributed by atoms with E-state index in [0.29, 0.717) is 24.4 Å². The van der Waals surface area contributed by atoms with E-state index in [9.17, 15) is 13.2 Å². The largest absolute Gasteiger partial charge is 0.377 e. The van der Waals surface area contributed by atoms with Gasteiger partial charge in [-0.05, 0) is 28.4 Å². The highest BCUT2D eigenvalue weighted by Crippen LogP contribution is 2.24. The number of hydrogen-bond donors (Lipinski definition) is 1. The van der Waals surface area contributed by atoms with Crippen LogP contribution < -0.4 is 10.9 Å². The molecular formula is C20H26BrN3O5S. The molecule has 1 aromatic carbocycles. The summed E-state index contributed by atoms with van der Waals surface area (Å²) < 4.78 is 38.0. The van der Waals surface area contributed by atoms with E-state index in [-0.39, 0.29) is 24.8 Å². The van der Waals surface area contributed by atoms with Crippen LogP contribution in [-0.2, 0) is 25.9 Å². The van der Waals surface area contributed by atoms with E-state index in [1.54, 1.807) is 0 Å². The molecule has 164 valence electrons. The summed E-state index contributed by atoms with van der Waals surface area (Å²) in [6.45, 7) is 3.60. The topological polar surface area (TPSA) is 99.5 Å². The van der Waals surface area contributed by atoms with E-state index < -0.39 is 26.9 Å². The molecule has 2 unspecified atom stereocenters. The van der Waals surface area contributed by atoms with E-state index in [1.807, 2.05) is 37.3 Å². The van der Waals surface area contributed by atoms with Gasteiger partial charge in [0.1, 0.15) is 21.8 Å². The lowest BCUT2D eigenvalue weighted by Gasteiger charge is -2.30. The molecule has 10 heteroatoms. The summed E-state index contributed by atoms with van der Waals surface area (Å²) in [5.41, 5.74) is 0.704. The summed E-state index contributed by atoms with van der Waals surface area (Å²) in [6, 6.07) is 9.50. The van der Waals surface area contributed by atoms with Crippen molar-refractivity contribution in [1.29, 1.82) is 0 Å². The number of morpholine rings is 1. The van der Waals surface area contributed by atoms with Crippen LogP contribution in [0.5, 0.6) is 0 Å². The zero-order valence-corrected chi connectivity index (χ0v) is 19.4. The highest BCUT2D eigenvalue weighted by atomic mass is 79.9. The molecule has 1 N–H and O–H groups in total. The lowest BCUT2D eigenvalue weighted by atomic mass is 10.1. The summed E-state index contributed by atoms with van der Waals surface area (Å²) in [5.74, 6) is 0. The van der Waals surface area contributed by atoms with Crippen molar-refractivity contribution in [3.05, 3.63) is 62.7 Å². The van der Waals surface area contributed by atoms with Crippen molar-refractivity contribution in [2.45, 2.75) is 37.5 Å². The fraction of sp³-hybridized carbons (Fsp3) is 0.500. The smallest absolute Gasteiger partial charge is 0.276 e. The van der Waals surface area contributed by atoms with Gasteiger partial charge in [0, 0.05) is 31.5 Å². The first-order valence-electron chi connectivity index (χ1n) is 9.71. The average molecular weight is 500 g/mol. The number of hydrogen-bond acceptors (Lipinski definition) is 7. The number of nitrogens with one attached hydrogen (secondary N) is 1. The van der Waals surface area contributed by atoms with E-state index in [1.165, 1.54) is 10.8 Å². The van der Waals surface area contributed by atoms with Gasteiger partial charge in [-0.15, -0.1) is 0 Å². The van der Waals surface area contributed by atoms with Gasteiger partial charge in [0.05, 0.1) is 19.8 Å². The molecule has 8 nitrogen and oxygen atoms in total. The Labute approximate surface area is 184 Å². The first-order valence-corrected chi connectivity index (χ1v) is 12.5. The second-order valence-corrected chi connectivity index (χ2v) is 10.3. The van der Waals surface area contributed by atoms with Crippen LogP contribution in [0.4, 0.5) is 0 Å². The van der Waals surface area contributed by atoms with Gasteiger partial charge in [0.2, 0.25) is 0 Å². The van der Waals surface area contributed by atoms with Crippen molar-refractivity contribution < 1.29 is 17.9 Å². The Bertz CT molecular complexity index is 1010. The first kappa shape index (κ1) is 23.1. The molecule has 1 aliphatic rings. The minimum absolute atomic E-state index is 0.118. The van der Waals surface area contributed by atoms with Crippen LogP contribution in [0.25, 0.3) is 0 Å². The molecule has 0 aliphatic carbocycles. The van der Waals surface area contributed by atoms with Crippen LogP contribution in [0.15, 0.2) is 45.9 Å². The molecule has 2 aromatic rings. The molecule has 0 amide bonds. The standard InChI is InChI=1S/C20H26BrN3O5S/c1-14-19(29-11-9-22-14)18-20(25)24(12-16(21)23-18)17(30(2,26)27)8-10-28-13-15-6-4-3-5-7-15/h3-7,12,14,17,19,22H,8-11,13H2,1-2H3/t14?,17?,19-/m1/s1. The number of aromatic nitrogens is 2. The summed E-state index contributed by atoms with van der Waals surface area (Å²) in [4.78, 5) is 17.5. The summed E-state index contributed by atoms with van der Waals surface area (Å²) >= 11 is 3.31. The third-order valence-corrected chi connectivity index (χ3v) is 6.77. The Morgan fingerprint density at radius 3 is 2.77 bits per heavy atom. The lowest BCUT2D eigenvalue weighted by molar-refractivity contribution is -0.00418. The quantitative estimate of drug-likeness (QED) is 0.555. The van der Waals surface area contributed by atoms with Crippen LogP contribution in [0.2, 0.25) is 0 Å².